The van der Waals surface area contributed by atoms with E-state index in [2.05, 4.69) is 21.5 Å². The first kappa shape index (κ1) is 30.2. The smallest absolute Gasteiger partial charge is 0.382 e. The second-order valence-corrected chi connectivity index (χ2v) is 9.02. The van der Waals surface area contributed by atoms with E-state index in [1.807, 2.05) is 6.07 Å². The number of halogens is 3. The van der Waals surface area contributed by atoms with Crippen LogP contribution in [0.25, 0.3) is 0 Å². The minimum absolute atomic E-state index is 0.0722. The maximum absolute atomic E-state index is 13.6. The van der Waals surface area contributed by atoms with Crippen molar-refractivity contribution < 1.29 is 32.2 Å². The van der Waals surface area contributed by atoms with Crippen molar-refractivity contribution in [3.63, 3.8) is 0 Å². The third-order valence-electron chi connectivity index (χ3n) is 6.25. The van der Waals surface area contributed by atoms with E-state index in [-0.39, 0.29) is 43.0 Å². The van der Waals surface area contributed by atoms with Crippen LogP contribution in [0.15, 0.2) is 59.8 Å². The predicted octanol–water partition coefficient (Wildman–Crippen LogP) is 4.33. The molecule has 0 spiro atoms. The van der Waals surface area contributed by atoms with Gasteiger partial charge in [0.25, 0.3) is 11.9 Å². The summed E-state index contributed by atoms with van der Waals surface area (Å²) in [5, 5.41) is 26.3. The summed E-state index contributed by atoms with van der Waals surface area (Å²) in [4.78, 5) is 18.4. The van der Waals surface area contributed by atoms with Gasteiger partial charge in [-0.1, -0.05) is 18.2 Å². The number of nitriles is 2. The summed E-state index contributed by atoms with van der Waals surface area (Å²) in [5.74, 6) is -0.638. The number of hydrogen-bond donors (Lipinski definition) is 1. The molecule has 11 nitrogen and oxygen atoms in total. The van der Waals surface area contributed by atoms with E-state index < -0.39 is 23.7 Å². The van der Waals surface area contributed by atoms with Gasteiger partial charge in [-0.2, -0.15) is 28.7 Å². The summed E-state index contributed by atoms with van der Waals surface area (Å²) in [6.07, 6.45) is -4.60. The van der Waals surface area contributed by atoms with E-state index in [0.29, 0.717) is 30.0 Å². The highest BCUT2D eigenvalue weighted by atomic mass is 19.4. The lowest BCUT2D eigenvalue weighted by atomic mass is 9.95. The van der Waals surface area contributed by atoms with Gasteiger partial charge in [0.1, 0.15) is 12.6 Å². The molecule has 0 saturated heterocycles. The molecule has 1 N–H and O–H groups in total. The molecule has 0 aliphatic carbocycles. The first-order valence-corrected chi connectivity index (χ1v) is 12.7. The molecule has 1 aromatic heterocycles. The monoisotopic (exact) mass is 581 g/mol. The number of ether oxygens (including phenoxy) is 3. The van der Waals surface area contributed by atoms with Gasteiger partial charge in [0, 0.05) is 18.5 Å². The van der Waals surface area contributed by atoms with E-state index in [4.69, 9.17) is 14.2 Å². The minimum Gasteiger partial charge on any atom is -0.382 e. The summed E-state index contributed by atoms with van der Waals surface area (Å²) in [6, 6.07) is 14.4. The van der Waals surface area contributed by atoms with Crippen molar-refractivity contribution in [2.45, 2.75) is 19.1 Å². The molecule has 1 unspecified atom stereocenters. The quantitative estimate of drug-likeness (QED) is 0.328. The Balaban J connectivity index is 1.68. The van der Waals surface area contributed by atoms with Crippen LogP contribution < -0.4 is 10.2 Å². The molecule has 0 bridgehead atoms. The van der Waals surface area contributed by atoms with Gasteiger partial charge >= 0.3 is 6.18 Å². The Hall–Kier alpha value is -4.76. The molecule has 0 saturated carbocycles. The lowest BCUT2D eigenvalue weighted by Gasteiger charge is -2.34. The number of amides is 1. The van der Waals surface area contributed by atoms with Gasteiger partial charge in [0.05, 0.1) is 55.3 Å². The first-order valence-electron chi connectivity index (χ1n) is 12.7. The number of fused-ring (bicyclic) bond motifs is 1. The molecule has 0 radical (unpaired) electrons. The normalized spacial score (nSPS) is 14.7. The van der Waals surface area contributed by atoms with Crippen molar-refractivity contribution in [2.24, 2.45) is 0 Å². The molecule has 218 valence electrons. The van der Waals surface area contributed by atoms with Crippen molar-refractivity contribution in [1.82, 2.24) is 14.8 Å². The Morgan fingerprint density at radius 3 is 2.43 bits per heavy atom. The molecule has 3 aromatic rings. The van der Waals surface area contributed by atoms with Crippen LogP contribution in [0.2, 0.25) is 0 Å². The zero-order valence-corrected chi connectivity index (χ0v) is 22.7. The largest absolute Gasteiger partial charge is 0.416 e. The molecule has 2 heterocycles. The lowest BCUT2D eigenvalue weighted by Crippen LogP contribution is -2.31. The van der Waals surface area contributed by atoms with Crippen molar-refractivity contribution in [2.75, 3.05) is 50.4 Å². The maximum Gasteiger partial charge on any atom is 0.416 e. The number of alkyl halides is 3. The van der Waals surface area contributed by atoms with Gasteiger partial charge in [-0.25, -0.2) is 4.68 Å². The maximum atomic E-state index is 13.6. The van der Waals surface area contributed by atoms with Gasteiger partial charge in [-0.15, -0.1) is 5.10 Å². The zero-order chi connectivity index (χ0) is 30.3. The van der Waals surface area contributed by atoms with Gasteiger partial charge in [0.2, 0.25) is 5.95 Å². The fraction of sp³-hybridized carbons (Fsp3) is 0.321. The molecule has 1 aliphatic rings. The number of rotatable bonds is 11. The topological polar surface area (TPSA) is 138 Å². The third kappa shape index (κ3) is 6.75. The van der Waals surface area contributed by atoms with Gasteiger partial charge in [-0.3, -0.25) is 15.0 Å². The van der Waals surface area contributed by atoms with Crippen LogP contribution in [-0.2, 0) is 25.2 Å². The molecule has 4 rings (SSSR count). The number of methoxy groups -OCH3 is 1. The number of aromatic nitrogens is 3. The Morgan fingerprint density at radius 1 is 1.05 bits per heavy atom. The fourth-order valence-corrected chi connectivity index (χ4v) is 4.29. The summed E-state index contributed by atoms with van der Waals surface area (Å²) >= 11 is 0. The Bertz CT molecular complexity index is 1540. The number of hydrogen-bond acceptors (Lipinski definition) is 9. The fourth-order valence-electron chi connectivity index (χ4n) is 4.29. The first-order chi connectivity index (χ1) is 20.2. The summed E-state index contributed by atoms with van der Waals surface area (Å²) in [7, 11) is 1.55. The highest BCUT2D eigenvalue weighted by Gasteiger charge is 2.37. The molecule has 2 aromatic carbocycles. The Kier molecular flexibility index (Phi) is 9.54. The van der Waals surface area contributed by atoms with Gasteiger partial charge in [-0.05, 0) is 42.8 Å². The van der Waals surface area contributed by atoms with Crippen LogP contribution in [0.4, 0.5) is 30.8 Å². The van der Waals surface area contributed by atoms with E-state index in [1.165, 1.54) is 21.7 Å². The van der Waals surface area contributed by atoms with Crippen LogP contribution in [0.3, 0.4) is 0 Å². The number of carbonyl (C=O) groups excluding carboxylic acids is 1. The summed E-state index contributed by atoms with van der Waals surface area (Å²) in [5.41, 5.74) is 0.690. The molecule has 42 heavy (non-hydrogen) atoms. The molecule has 0 fully saturated rings. The average molecular weight is 582 g/mol. The summed E-state index contributed by atoms with van der Waals surface area (Å²) in [6.45, 7) is 2.50. The lowest BCUT2D eigenvalue weighted by molar-refractivity contribution is -0.137. The van der Waals surface area contributed by atoms with E-state index in [0.717, 1.165) is 12.1 Å². The second-order valence-electron chi connectivity index (χ2n) is 9.02. The average Bonchev–Trinajstić information content (AvgIpc) is 3.38. The zero-order valence-electron chi connectivity index (χ0n) is 22.7. The Morgan fingerprint density at radius 2 is 1.76 bits per heavy atom. The van der Waals surface area contributed by atoms with E-state index >= 15 is 0 Å². The van der Waals surface area contributed by atoms with Crippen LogP contribution in [0.1, 0.15) is 29.7 Å². The van der Waals surface area contributed by atoms with E-state index in [9.17, 15) is 28.5 Å². The van der Waals surface area contributed by atoms with Crippen molar-refractivity contribution >= 4 is 23.5 Å². The third-order valence-corrected chi connectivity index (χ3v) is 6.25. The molecule has 1 amide bonds. The number of allylic oxidation sites excluding steroid dienone is 2. The number of nitrogens with one attached hydrogen (secondary N) is 1. The van der Waals surface area contributed by atoms with Gasteiger partial charge < -0.3 is 14.2 Å². The molecule has 1 aliphatic heterocycles. The minimum atomic E-state index is -4.60. The highest BCUT2D eigenvalue weighted by molar-refractivity contribution is 5.90. The SMILES string of the molecule is COCCOCCOCC(=O)Nc1nc2n(n1)C(c1ccc(C#N)cc1)C(C#N)=C(C)N2c1cccc(C(F)(F)F)c1. The molecular weight excluding hydrogens is 555 g/mol. The van der Waals surface area contributed by atoms with Crippen LogP contribution in [0, 0.1) is 22.7 Å². The number of carbonyl (C=O) groups is 1. The molecular formula is C28H26F3N7O4. The van der Waals surface area contributed by atoms with E-state index in [1.54, 1.807) is 38.3 Å². The van der Waals surface area contributed by atoms with Gasteiger partial charge in [0.15, 0.2) is 0 Å². The summed E-state index contributed by atoms with van der Waals surface area (Å²) < 4.78 is 57.5. The van der Waals surface area contributed by atoms with Crippen molar-refractivity contribution in [1.29, 1.82) is 10.5 Å². The highest BCUT2D eigenvalue weighted by Crippen LogP contribution is 2.43. The number of nitrogens with zero attached hydrogens (tertiary/aromatic N) is 6. The van der Waals surface area contributed by atoms with Crippen LogP contribution >= 0.6 is 0 Å². The van der Waals surface area contributed by atoms with Crippen LogP contribution in [-0.4, -0.2) is 60.8 Å². The van der Waals surface area contributed by atoms with Crippen molar-refractivity contribution in [3.05, 3.63) is 76.5 Å². The second kappa shape index (κ2) is 13.3. The van der Waals surface area contributed by atoms with Crippen molar-refractivity contribution in [3.8, 4) is 12.1 Å². The van der Waals surface area contributed by atoms with Crippen LogP contribution in [0.5, 0.6) is 0 Å². The standard InChI is InChI=1S/C28H26F3N7O4/c1-18-23(16-33)25(20-8-6-19(15-32)7-9-20)38-27(37(18)22-5-3-4-21(14-22)28(29,30)31)35-26(36-38)34-24(39)17-42-13-12-41-11-10-40-2/h3-9,14,25H,10-13,17H2,1-2H3,(H,34,36,39). The number of benzene rings is 2. The molecule has 1 atom stereocenters. The number of anilines is 3. The molecule has 14 heteroatoms. The predicted molar refractivity (Wildman–Crippen MR) is 143 cm³/mol. The Labute approximate surface area is 239 Å².